The number of ketones is 1. The Morgan fingerprint density at radius 1 is 1.09 bits per heavy atom. The number of carbonyl (C=O) groups excluding carboxylic acids is 2. The first-order valence-corrected chi connectivity index (χ1v) is 8.72. The fraction of sp³-hybridized carbons (Fsp3) is 0.882. The van der Waals surface area contributed by atoms with Crippen molar-refractivity contribution in [2.24, 2.45) is 23.7 Å². The zero-order valence-electron chi connectivity index (χ0n) is 13.2. The number of hydrogen-bond donors (Lipinski definition) is 0. The van der Waals surface area contributed by atoms with Crippen LogP contribution in [-0.2, 0) is 24.1 Å². The number of Topliss-reactive ketones (excluding diaryl/α,β-unsaturated/α-hetero) is 1. The van der Waals surface area contributed by atoms with Crippen LogP contribution >= 0.6 is 0 Å². The van der Waals surface area contributed by atoms with E-state index in [1.54, 1.807) is 0 Å². The van der Waals surface area contributed by atoms with Crippen LogP contribution < -0.4 is 0 Å². The molecule has 3 fully saturated rings. The Labute approximate surface area is 131 Å². The van der Waals surface area contributed by atoms with E-state index in [-0.39, 0.29) is 35.7 Å². The Hall–Kier alpha value is -0.780. The van der Waals surface area contributed by atoms with E-state index < -0.39 is 6.29 Å². The highest BCUT2D eigenvalue weighted by Crippen LogP contribution is 2.54. The van der Waals surface area contributed by atoms with E-state index in [0.29, 0.717) is 12.8 Å². The van der Waals surface area contributed by atoms with Crippen molar-refractivity contribution in [2.75, 3.05) is 0 Å². The molecule has 2 aliphatic heterocycles. The summed E-state index contributed by atoms with van der Waals surface area (Å²) < 4.78 is 5.57. The summed E-state index contributed by atoms with van der Waals surface area (Å²) in [5, 5.41) is 0. The molecule has 0 amide bonds. The predicted molar refractivity (Wildman–Crippen MR) is 78.5 cm³/mol. The first-order valence-electron chi connectivity index (χ1n) is 8.72. The second kappa shape index (κ2) is 7.20. The van der Waals surface area contributed by atoms with Gasteiger partial charge in [0.2, 0.25) is 0 Å². The zero-order valence-corrected chi connectivity index (χ0v) is 13.2. The zero-order chi connectivity index (χ0) is 15.5. The molecule has 0 aromatic rings. The Morgan fingerprint density at radius 2 is 1.82 bits per heavy atom. The van der Waals surface area contributed by atoms with Gasteiger partial charge in [-0.3, -0.25) is 4.79 Å². The van der Waals surface area contributed by atoms with Gasteiger partial charge in [-0.2, -0.15) is 0 Å². The molecule has 0 aromatic carbocycles. The minimum atomic E-state index is -0.460. The third-order valence-electron chi connectivity index (χ3n) is 5.42. The van der Waals surface area contributed by atoms with Crippen molar-refractivity contribution >= 4 is 12.1 Å². The highest BCUT2D eigenvalue weighted by atomic mass is 17.3. The summed E-state index contributed by atoms with van der Waals surface area (Å²) in [5.41, 5.74) is 0. The van der Waals surface area contributed by atoms with Gasteiger partial charge in [0.15, 0.2) is 12.6 Å². The van der Waals surface area contributed by atoms with E-state index in [2.05, 4.69) is 6.92 Å². The van der Waals surface area contributed by atoms with Crippen molar-refractivity contribution in [2.45, 2.75) is 70.9 Å². The van der Waals surface area contributed by atoms with Crippen LogP contribution in [0.2, 0.25) is 0 Å². The molecule has 5 nitrogen and oxygen atoms in total. The molecule has 2 bridgehead atoms. The van der Waals surface area contributed by atoms with Crippen LogP contribution in [0.4, 0.5) is 0 Å². The monoisotopic (exact) mass is 310 g/mol. The van der Waals surface area contributed by atoms with Crippen molar-refractivity contribution in [3.63, 3.8) is 0 Å². The van der Waals surface area contributed by atoms with Gasteiger partial charge in [-0.1, -0.05) is 39.0 Å². The molecule has 0 aromatic heterocycles. The molecule has 124 valence electrons. The standard InChI is InChI=1S/C17H26O5/c1-2-3-4-5-6-7-8-13(19)14-11(10-18)9-12-15(14)17-20-16(12)21-22-17/h10-12,14-17H,2-9H2,1H3/t11?,12-,14?,15-,16-,17+/m1/s1. The number of carbonyl (C=O) groups is 2. The lowest BCUT2D eigenvalue weighted by Gasteiger charge is -2.24. The second-order valence-corrected chi connectivity index (χ2v) is 6.85. The maximum absolute atomic E-state index is 12.6. The molecule has 1 aliphatic carbocycles. The molecule has 0 radical (unpaired) electrons. The third-order valence-corrected chi connectivity index (χ3v) is 5.42. The van der Waals surface area contributed by atoms with Crippen LogP contribution in [0.25, 0.3) is 0 Å². The average molecular weight is 310 g/mol. The fourth-order valence-corrected chi connectivity index (χ4v) is 4.29. The van der Waals surface area contributed by atoms with E-state index in [1.165, 1.54) is 25.7 Å². The van der Waals surface area contributed by atoms with Gasteiger partial charge in [0.1, 0.15) is 12.1 Å². The lowest BCUT2D eigenvalue weighted by atomic mass is 9.82. The Kier molecular flexibility index (Phi) is 5.26. The van der Waals surface area contributed by atoms with Crippen molar-refractivity contribution in [3.05, 3.63) is 0 Å². The maximum atomic E-state index is 12.6. The minimum Gasteiger partial charge on any atom is -0.317 e. The van der Waals surface area contributed by atoms with Gasteiger partial charge in [0.05, 0.1) is 0 Å². The molecule has 3 aliphatic rings. The van der Waals surface area contributed by atoms with Gasteiger partial charge >= 0.3 is 0 Å². The number of rotatable bonds is 9. The predicted octanol–water partition coefficient (Wildman–Crippen LogP) is 3.02. The third kappa shape index (κ3) is 2.99. The summed E-state index contributed by atoms with van der Waals surface area (Å²) in [5.74, 6) is -0.0901. The van der Waals surface area contributed by atoms with E-state index in [4.69, 9.17) is 14.5 Å². The van der Waals surface area contributed by atoms with Crippen LogP contribution in [0.15, 0.2) is 0 Å². The molecular weight excluding hydrogens is 284 g/mol. The summed E-state index contributed by atoms with van der Waals surface area (Å²) in [6.45, 7) is 2.20. The smallest absolute Gasteiger partial charge is 0.198 e. The van der Waals surface area contributed by atoms with E-state index in [0.717, 1.165) is 19.1 Å². The highest BCUT2D eigenvalue weighted by Gasteiger charge is 2.62. The summed E-state index contributed by atoms with van der Waals surface area (Å²) in [4.78, 5) is 34.2. The quantitative estimate of drug-likeness (QED) is 0.372. The average Bonchev–Trinajstić information content (AvgIpc) is 3.20. The normalized spacial score (nSPS) is 39.1. The van der Waals surface area contributed by atoms with Crippen molar-refractivity contribution in [3.8, 4) is 0 Å². The number of unbranched alkanes of at least 4 members (excludes halogenated alkanes) is 5. The Balaban J connectivity index is 1.51. The van der Waals surface area contributed by atoms with Crippen LogP contribution in [0.3, 0.4) is 0 Å². The lowest BCUT2D eigenvalue weighted by Crippen LogP contribution is -2.34. The van der Waals surface area contributed by atoms with Gasteiger partial charge in [0.25, 0.3) is 0 Å². The molecule has 0 spiro atoms. The van der Waals surface area contributed by atoms with E-state index in [9.17, 15) is 9.59 Å². The van der Waals surface area contributed by atoms with Gasteiger partial charge in [-0.25, -0.2) is 9.78 Å². The fourth-order valence-electron chi connectivity index (χ4n) is 4.29. The van der Waals surface area contributed by atoms with Crippen LogP contribution in [0.5, 0.6) is 0 Å². The van der Waals surface area contributed by atoms with Crippen molar-refractivity contribution < 1.29 is 24.1 Å². The minimum absolute atomic E-state index is 0.00143. The molecular formula is C17H26O5. The summed E-state index contributed by atoms with van der Waals surface area (Å²) in [6, 6.07) is 0. The Bertz CT molecular complexity index is 410. The van der Waals surface area contributed by atoms with E-state index >= 15 is 0 Å². The summed E-state index contributed by atoms with van der Waals surface area (Å²) >= 11 is 0. The molecule has 6 atom stereocenters. The maximum Gasteiger partial charge on any atom is 0.198 e. The van der Waals surface area contributed by atoms with Crippen molar-refractivity contribution in [1.82, 2.24) is 0 Å². The molecule has 2 unspecified atom stereocenters. The van der Waals surface area contributed by atoms with Crippen molar-refractivity contribution in [1.29, 1.82) is 0 Å². The molecule has 5 heteroatoms. The van der Waals surface area contributed by atoms with Gasteiger partial charge in [-0.05, 0) is 12.8 Å². The van der Waals surface area contributed by atoms with Crippen LogP contribution in [0.1, 0.15) is 58.3 Å². The Morgan fingerprint density at radius 3 is 2.59 bits per heavy atom. The van der Waals surface area contributed by atoms with Crippen LogP contribution in [0, 0.1) is 23.7 Å². The highest BCUT2D eigenvalue weighted by molar-refractivity contribution is 5.85. The number of hydrogen-bond acceptors (Lipinski definition) is 5. The number of aldehydes is 1. The second-order valence-electron chi connectivity index (χ2n) is 6.85. The van der Waals surface area contributed by atoms with Gasteiger partial charge in [0, 0.05) is 30.1 Å². The first kappa shape index (κ1) is 16.1. The molecule has 3 rings (SSSR count). The van der Waals surface area contributed by atoms with Gasteiger partial charge < -0.3 is 9.53 Å². The molecule has 1 saturated carbocycles. The number of fused-ring (bicyclic) bond motifs is 5. The number of ether oxygens (including phenoxy) is 1. The largest absolute Gasteiger partial charge is 0.317 e. The van der Waals surface area contributed by atoms with Crippen LogP contribution in [-0.4, -0.2) is 24.6 Å². The summed E-state index contributed by atoms with van der Waals surface area (Å²) in [7, 11) is 0. The SMILES string of the molecule is CCCCCCCCC(=O)C1C(C=O)C[C@H]2[C@H]3OO[C@H](O3)[C@@H]12. The molecule has 2 heterocycles. The topological polar surface area (TPSA) is 61.8 Å². The summed E-state index contributed by atoms with van der Waals surface area (Å²) in [6.07, 6.45) is 8.33. The van der Waals surface area contributed by atoms with Gasteiger partial charge in [-0.15, -0.1) is 0 Å². The molecule has 22 heavy (non-hydrogen) atoms. The first-order chi connectivity index (χ1) is 10.8. The lowest BCUT2D eigenvalue weighted by molar-refractivity contribution is -0.339. The van der Waals surface area contributed by atoms with E-state index in [1.807, 2.05) is 0 Å². The molecule has 0 N–H and O–H groups in total. The molecule has 2 saturated heterocycles.